The number of rotatable bonds is 9. The Balaban J connectivity index is 2.21. The summed E-state index contributed by atoms with van der Waals surface area (Å²) >= 11 is 0. The van der Waals surface area contributed by atoms with E-state index in [0.29, 0.717) is 32.9 Å². The molecular weight excluding hydrogens is 270 g/mol. The highest BCUT2D eigenvalue weighted by Gasteiger charge is 1.98. The van der Waals surface area contributed by atoms with Gasteiger partial charge in [-0.15, -0.1) is 0 Å². The predicted octanol–water partition coefficient (Wildman–Crippen LogP) is 1.02. The Kier molecular flexibility index (Phi) is 8.99. The van der Waals surface area contributed by atoms with Crippen LogP contribution in [0.3, 0.4) is 0 Å². The van der Waals surface area contributed by atoms with E-state index in [1.54, 1.807) is 21.3 Å². The molecule has 21 heavy (non-hydrogen) atoms. The molecule has 1 rings (SSSR count). The molecule has 0 amide bonds. The van der Waals surface area contributed by atoms with Gasteiger partial charge < -0.3 is 24.8 Å². The molecule has 0 unspecified atom stereocenters. The second kappa shape index (κ2) is 10.9. The van der Waals surface area contributed by atoms with Crippen molar-refractivity contribution >= 4 is 5.96 Å². The lowest BCUT2D eigenvalue weighted by molar-refractivity contribution is 0.0733. The highest BCUT2D eigenvalue weighted by molar-refractivity contribution is 5.79. The lowest BCUT2D eigenvalue weighted by Gasteiger charge is -2.12. The number of hydrogen-bond acceptors (Lipinski definition) is 4. The van der Waals surface area contributed by atoms with Crippen LogP contribution in [0.1, 0.15) is 5.56 Å². The maximum absolute atomic E-state index is 5.37. The molecule has 1 aromatic rings. The summed E-state index contributed by atoms with van der Waals surface area (Å²) in [5.74, 6) is 1.61. The SMILES string of the molecule is CN=C(NCCOCCOC)NCc1ccc(OC)cc1. The third-order valence-electron chi connectivity index (χ3n) is 2.81. The molecule has 0 fully saturated rings. The molecule has 0 atom stereocenters. The van der Waals surface area contributed by atoms with Crippen molar-refractivity contribution in [3.05, 3.63) is 29.8 Å². The molecule has 0 saturated carbocycles. The predicted molar refractivity (Wildman–Crippen MR) is 83.9 cm³/mol. The summed E-state index contributed by atoms with van der Waals surface area (Å²) in [7, 11) is 5.06. The van der Waals surface area contributed by atoms with Crippen molar-refractivity contribution < 1.29 is 14.2 Å². The van der Waals surface area contributed by atoms with Crippen LogP contribution < -0.4 is 15.4 Å². The summed E-state index contributed by atoms with van der Waals surface area (Å²) in [5, 5.41) is 6.43. The van der Waals surface area contributed by atoms with Crippen molar-refractivity contribution in [1.82, 2.24) is 10.6 Å². The quantitative estimate of drug-likeness (QED) is 0.405. The van der Waals surface area contributed by atoms with Crippen molar-refractivity contribution in [2.24, 2.45) is 4.99 Å². The van der Waals surface area contributed by atoms with E-state index in [-0.39, 0.29) is 0 Å². The first-order valence-corrected chi connectivity index (χ1v) is 6.94. The zero-order valence-electron chi connectivity index (χ0n) is 13.0. The van der Waals surface area contributed by atoms with Gasteiger partial charge in [-0.3, -0.25) is 4.99 Å². The summed E-state index contributed by atoms with van der Waals surface area (Å²) < 4.78 is 15.4. The van der Waals surface area contributed by atoms with Gasteiger partial charge in [0.2, 0.25) is 0 Å². The van der Waals surface area contributed by atoms with Gasteiger partial charge in [-0.2, -0.15) is 0 Å². The molecule has 0 bridgehead atoms. The van der Waals surface area contributed by atoms with E-state index in [0.717, 1.165) is 17.3 Å². The van der Waals surface area contributed by atoms with Crippen LogP contribution in [0, 0.1) is 0 Å². The van der Waals surface area contributed by atoms with E-state index in [1.165, 1.54) is 0 Å². The van der Waals surface area contributed by atoms with Crippen LogP contribution in [-0.4, -0.2) is 53.6 Å². The Hall–Kier alpha value is -1.79. The molecule has 0 heterocycles. The zero-order chi connectivity index (χ0) is 15.3. The fourth-order valence-electron chi connectivity index (χ4n) is 1.64. The number of nitrogens with zero attached hydrogens (tertiary/aromatic N) is 1. The molecule has 0 saturated heterocycles. The third kappa shape index (κ3) is 7.53. The first-order chi connectivity index (χ1) is 10.3. The highest BCUT2D eigenvalue weighted by atomic mass is 16.5. The summed E-state index contributed by atoms with van der Waals surface area (Å²) in [5.41, 5.74) is 1.16. The Morgan fingerprint density at radius 3 is 2.43 bits per heavy atom. The van der Waals surface area contributed by atoms with E-state index in [4.69, 9.17) is 14.2 Å². The van der Waals surface area contributed by atoms with Gasteiger partial charge in [-0.1, -0.05) is 12.1 Å². The van der Waals surface area contributed by atoms with Gasteiger partial charge in [0, 0.05) is 27.2 Å². The first-order valence-electron chi connectivity index (χ1n) is 6.94. The van der Waals surface area contributed by atoms with Crippen LogP contribution in [0.5, 0.6) is 5.75 Å². The zero-order valence-corrected chi connectivity index (χ0v) is 13.0. The largest absolute Gasteiger partial charge is 0.497 e. The number of hydrogen-bond donors (Lipinski definition) is 2. The van der Waals surface area contributed by atoms with E-state index in [1.807, 2.05) is 24.3 Å². The van der Waals surface area contributed by atoms with Crippen molar-refractivity contribution in [3.63, 3.8) is 0 Å². The monoisotopic (exact) mass is 295 g/mol. The molecule has 0 aliphatic rings. The fraction of sp³-hybridized carbons (Fsp3) is 0.533. The van der Waals surface area contributed by atoms with Gasteiger partial charge in [0.05, 0.1) is 26.9 Å². The molecule has 6 nitrogen and oxygen atoms in total. The molecule has 0 spiro atoms. The van der Waals surface area contributed by atoms with Crippen LogP contribution >= 0.6 is 0 Å². The molecule has 118 valence electrons. The molecule has 0 radical (unpaired) electrons. The van der Waals surface area contributed by atoms with Crippen LogP contribution in [0.15, 0.2) is 29.3 Å². The van der Waals surface area contributed by atoms with Gasteiger partial charge >= 0.3 is 0 Å². The van der Waals surface area contributed by atoms with Gasteiger partial charge in [0.1, 0.15) is 5.75 Å². The van der Waals surface area contributed by atoms with E-state index >= 15 is 0 Å². The molecule has 1 aromatic carbocycles. The Morgan fingerprint density at radius 1 is 1.05 bits per heavy atom. The molecule has 0 aliphatic heterocycles. The summed E-state index contributed by atoms with van der Waals surface area (Å²) in [6.07, 6.45) is 0. The fourth-order valence-corrected chi connectivity index (χ4v) is 1.64. The molecule has 2 N–H and O–H groups in total. The summed E-state index contributed by atoms with van der Waals surface area (Å²) in [6.45, 7) is 3.24. The van der Waals surface area contributed by atoms with Gasteiger partial charge in [0.15, 0.2) is 5.96 Å². The van der Waals surface area contributed by atoms with Crippen LogP contribution in [0.25, 0.3) is 0 Å². The van der Waals surface area contributed by atoms with Crippen molar-refractivity contribution in [2.75, 3.05) is 47.6 Å². The Labute approximate surface area is 126 Å². The third-order valence-corrected chi connectivity index (χ3v) is 2.81. The minimum Gasteiger partial charge on any atom is -0.497 e. The summed E-state index contributed by atoms with van der Waals surface area (Å²) in [4.78, 5) is 4.16. The summed E-state index contributed by atoms with van der Waals surface area (Å²) in [6, 6.07) is 7.92. The topological polar surface area (TPSA) is 64.1 Å². The highest BCUT2D eigenvalue weighted by Crippen LogP contribution is 2.10. The lowest BCUT2D eigenvalue weighted by atomic mass is 10.2. The van der Waals surface area contributed by atoms with E-state index in [2.05, 4.69) is 15.6 Å². The smallest absolute Gasteiger partial charge is 0.191 e. The maximum atomic E-state index is 5.37. The second-order valence-electron chi connectivity index (χ2n) is 4.31. The molecule has 0 aromatic heterocycles. The number of nitrogens with one attached hydrogen (secondary N) is 2. The minimum absolute atomic E-state index is 0.607. The van der Waals surface area contributed by atoms with Crippen LogP contribution in [0.4, 0.5) is 0 Å². The van der Waals surface area contributed by atoms with Gasteiger partial charge in [0.25, 0.3) is 0 Å². The number of methoxy groups -OCH3 is 2. The van der Waals surface area contributed by atoms with Crippen molar-refractivity contribution in [1.29, 1.82) is 0 Å². The van der Waals surface area contributed by atoms with Crippen LogP contribution in [0.2, 0.25) is 0 Å². The van der Waals surface area contributed by atoms with Crippen molar-refractivity contribution in [2.45, 2.75) is 6.54 Å². The Morgan fingerprint density at radius 2 is 1.81 bits per heavy atom. The molecule has 6 heteroatoms. The van der Waals surface area contributed by atoms with Crippen molar-refractivity contribution in [3.8, 4) is 5.75 Å². The number of aliphatic imine (C=N–C) groups is 1. The Bertz CT molecular complexity index is 407. The van der Waals surface area contributed by atoms with E-state index in [9.17, 15) is 0 Å². The van der Waals surface area contributed by atoms with Crippen LogP contribution in [-0.2, 0) is 16.0 Å². The van der Waals surface area contributed by atoms with Gasteiger partial charge in [-0.25, -0.2) is 0 Å². The van der Waals surface area contributed by atoms with E-state index < -0.39 is 0 Å². The number of benzene rings is 1. The maximum Gasteiger partial charge on any atom is 0.191 e. The average Bonchev–Trinajstić information content (AvgIpc) is 2.54. The normalized spacial score (nSPS) is 11.3. The number of guanidine groups is 1. The van der Waals surface area contributed by atoms with Gasteiger partial charge in [-0.05, 0) is 17.7 Å². The first kappa shape index (κ1) is 17.3. The average molecular weight is 295 g/mol. The molecule has 0 aliphatic carbocycles. The standard InChI is InChI=1S/C15H25N3O3/c1-16-15(17-8-9-21-11-10-19-2)18-12-13-4-6-14(20-3)7-5-13/h4-7H,8-12H2,1-3H3,(H2,16,17,18). The number of ether oxygens (including phenoxy) is 3. The lowest BCUT2D eigenvalue weighted by Crippen LogP contribution is -2.38. The molecular formula is C15H25N3O3. The second-order valence-corrected chi connectivity index (χ2v) is 4.31. The minimum atomic E-state index is 0.607.